The van der Waals surface area contributed by atoms with Gasteiger partial charge in [-0.3, -0.25) is 0 Å². The quantitative estimate of drug-likeness (QED) is 0.375. The van der Waals surface area contributed by atoms with Gasteiger partial charge in [0.15, 0.2) is 5.84 Å². The van der Waals surface area contributed by atoms with Gasteiger partial charge in [0.2, 0.25) is 5.88 Å². The van der Waals surface area contributed by atoms with Gasteiger partial charge in [-0.1, -0.05) is 22.9 Å². The van der Waals surface area contributed by atoms with E-state index < -0.39 is 0 Å². The Bertz CT molecular complexity index is 565. The molecule has 0 aliphatic carbocycles. The average molecular weight is 243 g/mol. The van der Waals surface area contributed by atoms with Crippen molar-refractivity contribution in [1.29, 1.82) is 0 Å². The van der Waals surface area contributed by atoms with Crippen LogP contribution in [-0.2, 0) is 0 Å². The van der Waals surface area contributed by atoms with E-state index in [9.17, 15) is 0 Å². The molecular weight excluding hydrogens is 230 g/mol. The molecule has 5 nitrogen and oxygen atoms in total. The summed E-state index contributed by atoms with van der Waals surface area (Å²) in [5, 5.41) is 11.5. The van der Waals surface area contributed by atoms with Gasteiger partial charge in [0, 0.05) is 17.8 Å². The second kappa shape index (κ2) is 5.18. The minimum atomic E-state index is 0.0196. The maximum Gasteiger partial charge on any atom is 0.219 e. The Morgan fingerprint density at radius 2 is 2.00 bits per heavy atom. The van der Waals surface area contributed by atoms with Gasteiger partial charge >= 0.3 is 0 Å². The van der Waals surface area contributed by atoms with Gasteiger partial charge in [-0.25, -0.2) is 4.98 Å². The number of nitrogens with two attached hydrogens (primary N) is 1. The van der Waals surface area contributed by atoms with Crippen LogP contribution in [0.5, 0.6) is 11.6 Å². The summed E-state index contributed by atoms with van der Waals surface area (Å²) in [6, 6.07) is 10.8. The molecular formula is C13H13N3O2. The molecule has 2 rings (SSSR count). The molecule has 0 radical (unpaired) electrons. The molecule has 0 fully saturated rings. The summed E-state index contributed by atoms with van der Waals surface area (Å²) in [6.07, 6.45) is 1.54. The maximum atomic E-state index is 8.60. The van der Waals surface area contributed by atoms with Crippen molar-refractivity contribution in [1.82, 2.24) is 4.98 Å². The number of benzene rings is 1. The number of oxime groups is 1. The molecule has 0 saturated heterocycles. The van der Waals surface area contributed by atoms with Crippen LogP contribution in [0.3, 0.4) is 0 Å². The van der Waals surface area contributed by atoms with E-state index in [0.717, 1.165) is 5.56 Å². The molecule has 1 aromatic carbocycles. The second-order valence-electron chi connectivity index (χ2n) is 3.78. The zero-order valence-electron chi connectivity index (χ0n) is 9.87. The van der Waals surface area contributed by atoms with Crippen LogP contribution in [0.4, 0.5) is 0 Å². The molecule has 0 aliphatic heterocycles. The summed E-state index contributed by atoms with van der Waals surface area (Å²) < 4.78 is 5.57. The molecule has 5 heteroatoms. The third kappa shape index (κ3) is 2.76. The zero-order chi connectivity index (χ0) is 13.0. The molecule has 0 saturated carbocycles. The molecule has 0 atom stereocenters. The standard InChI is InChI=1S/C13H13N3O2/c1-9-2-4-11(5-3-9)18-12-8-10(6-7-15-12)13(14)16-17/h2-8,17H,1H3,(H2,14,16). The molecule has 0 amide bonds. The van der Waals surface area contributed by atoms with Crippen LogP contribution in [0.25, 0.3) is 0 Å². The van der Waals surface area contributed by atoms with Crippen LogP contribution in [0, 0.1) is 6.92 Å². The highest BCUT2D eigenvalue weighted by molar-refractivity contribution is 5.97. The summed E-state index contributed by atoms with van der Waals surface area (Å²) >= 11 is 0. The molecule has 0 unspecified atom stereocenters. The van der Waals surface area contributed by atoms with E-state index in [-0.39, 0.29) is 5.84 Å². The van der Waals surface area contributed by atoms with E-state index in [0.29, 0.717) is 17.2 Å². The number of aromatic nitrogens is 1. The zero-order valence-corrected chi connectivity index (χ0v) is 9.87. The van der Waals surface area contributed by atoms with Gasteiger partial charge in [0.1, 0.15) is 5.75 Å². The minimum absolute atomic E-state index is 0.0196. The van der Waals surface area contributed by atoms with Crippen LogP contribution in [-0.4, -0.2) is 16.0 Å². The van der Waals surface area contributed by atoms with Crippen molar-refractivity contribution < 1.29 is 9.94 Å². The largest absolute Gasteiger partial charge is 0.439 e. The highest BCUT2D eigenvalue weighted by atomic mass is 16.5. The molecule has 18 heavy (non-hydrogen) atoms. The van der Waals surface area contributed by atoms with Crippen molar-refractivity contribution in [2.24, 2.45) is 10.9 Å². The highest BCUT2D eigenvalue weighted by Gasteiger charge is 2.03. The molecule has 92 valence electrons. The Kier molecular flexibility index (Phi) is 3.43. The van der Waals surface area contributed by atoms with Crippen molar-refractivity contribution in [2.75, 3.05) is 0 Å². The van der Waals surface area contributed by atoms with E-state index in [1.54, 1.807) is 12.1 Å². The fourth-order valence-corrected chi connectivity index (χ4v) is 1.41. The first-order valence-electron chi connectivity index (χ1n) is 5.37. The molecule has 2 aromatic rings. The van der Waals surface area contributed by atoms with Gasteiger partial charge in [-0.2, -0.15) is 0 Å². The van der Waals surface area contributed by atoms with Crippen molar-refractivity contribution in [3.8, 4) is 11.6 Å². The first-order valence-corrected chi connectivity index (χ1v) is 5.37. The summed E-state index contributed by atoms with van der Waals surface area (Å²) in [5.41, 5.74) is 7.20. The average Bonchev–Trinajstić information content (AvgIpc) is 2.41. The fraction of sp³-hybridized carbons (Fsp3) is 0.0769. The van der Waals surface area contributed by atoms with E-state index >= 15 is 0 Å². The third-order valence-corrected chi connectivity index (χ3v) is 2.38. The van der Waals surface area contributed by atoms with Gasteiger partial charge in [-0.05, 0) is 25.1 Å². The number of pyridine rings is 1. The first-order chi connectivity index (χ1) is 8.69. The van der Waals surface area contributed by atoms with Crippen LogP contribution in [0.1, 0.15) is 11.1 Å². The molecule has 0 aliphatic rings. The Labute approximate surface area is 105 Å². The van der Waals surface area contributed by atoms with Crippen LogP contribution < -0.4 is 10.5 Å². The first kappa shape index (κ1) is 11.9. The Morgan fingerprint density at radius 3 is 2.67 bits per heavy atom. The molecule has 1 heterocycles. The Hall–Kier alpha value is -2.56. The lowest BCUT2D eigenvalue weighted by molar-refractivity contribution is 0.318. The van der Waals surface area contributed by atoms with E-state index in [4.69, 9.17) is 15.7 Å². The molecule has 0 spiro atoms. The van der Waals surface area contributed by atoms with Crippen molar-refractivity contribution in [3.05, 3.63) is 53.7 Å². The molecule has 1 aromatic heterocycles. The lowest BCUT2D eigenvalue weighted by Crippen LogP contribution is -2.13. The lowest BCUT2D eigenvalue weighted by Gasteiger charge is -2.06. The van der Waals surface area contributed by atoms with Gasteiger partial charge in [0.05, 0.1) is 0 Å². The predicted octanol–water partition coefficient (Wildman–Crippen LogP) is 2.28. The van der Waals surface area contributed by atoms with Crippen LogP contribution >= 0.6 is 0 Å². The number of hydrogen-bond donors (Lipinski definition) is 2. The topological polar surface area (TPSA) is 80.7 Å². The van der Waals surface area contributed by atoms with Crippen molar-refractivity contribution in [3.63, 3.8) is 0 Å². The lowest BCUT2D eigenvalue weighted by atomic mass is 10.2. The smallest absolute Gasteiger partial charge is 0.219 e. The normalized spacial score (nSPS) is 11.3. The fourth-order valence-electron chi connectivity index (χ4n) is 1.41. The number of amidine groups is 1. The molecule has 0 bridgehead atoms. The van der Waals surface area contributed by atoms with E-state index in [2.05, 4.69) is 10.1 Å². The van der Waals surface area contributed by atoms with E-state index in [1.807, 2.05) is 31.2 Å². The maximum absolute atomic E-state index is 8.60. The number of aryl methyl sites for hydroxylation is 1. The third-order valence-electron chi connectivity index (χ3n) is 2.38. The van der Waals surface area contributed by atoms with Gasteiger partial charge < -0.3 is 15.7 Å². The number of ether oxygens (including phenoxy) is 1. The van der Waals surface area contributed by atoms with Gasteiger partial charge in [-0.15, -0.1) is 0 Å². The second-order valence-corrected chi connectivity index (χ2v) is 3.78. The van der Waals surface area contributed by atoms with Crippen molar-refractivity contribution in [2.45, 2.75) is 6.92 Å². The van der Waals surface area contributed by atoms with Crippen LogP contribution in [0.2, 0.25) is 0 Å². The monoisotopic (exact) mass is 243 g/mol. The SMILES string of the molecule is Cc1ccc(Oc2cc(/C(N)=N/O)ccn2)cc1. The number of rotatable bonds is 3. The predicted molar refractivity (Wildman–Crippen MR) is 68.0 cm³/mol. The summed E-state index contributed by atoms with van der Waals surface area (Å²) in [7, 11) is 0. The van der Waals surface area contributed by atoms with Crippen molar-refractivity contribution >= 4 is 5.84 Å². The number of nitrogens with zero attached hydrogens (tertiary/aromatic N) is 2. The summed E-state index contributed by atoms with van der Waals surface area (Å²) in [5.74, 6) is 1.10. The van der Waals surface area contributed by atoms with E-state index in [1.165, 1.54) is 6.20 Å². The minimum Gasteiger partial charge on any atom is -0.439 e. The number of hydrogen-bond acceptors (Lipinski definition) is 4. The van der Waals surface area contributed by atoms with Crippen LogP contribution in [0.15, 0.2) is 47.8 Å². The highest BCUT2D eigenvalue weighted by Crippen LogP contribution is 2.20. The molecule has 3 N–H and O–H groups in total. The Balaban J connectivity index is 2.22. The summed E-state index contributed by atoms with van der Waals surface area (Å²) in [4.78, 5) is 4.06. The van der Waals surface area contributed by atoms with Gasteiger partial charge in [0.25, 0.3) is 0 Å². The summed E-state index contributed by atoms with van der Waals surface area (Å²) in [6.45, 7) is 2.00. The Morgan fingerprint density at radius 1 is 1.28 bits per heavy atom.